The number of ether oxygens (including phenoxy) is 1. The first kappa shape index (κ1) is 19.8. The van der Waals surface area contributed by atoms with Gasteiger partial charge < -0.3 is 19.9 Å². The minimum absolute atomic E-state index is 0.0428. The number of urea groups is 1. The number of benzene rings is 1. The highest BCUT2D eigenvalue weighted by atomic mass is 16.5. The van der Waals surface area contributed by atoms with Crippen molar-refractivity contribution in [1.29, 1.82) is 0 Å². The van der Waals surface area contributed by atoms with E-state index >= 15 is 0 Å². The molecule has 1 aliphatic heterocycles. The van der Waals surface area contributed by atoms with Gasteiger partial charge in [0.15, 0.2) is 0 Å². The second kappa shape index (κ2) is 9.32. The third-order valence-electron chi connectivity index (χ3n) is 4.63. The van der Waals surface area contributed by atoms with Gasteiger partial charge in [-0.05, 0) is 24.6 Å². The topological polar surface area (TPSA) is 74.8 Å². The van der Waals surface area contributed by atoms with Crippen LogP contribution in [0, 0.1) is 6.92 Å². The normalized spacial score (nSPS) is 16.7. The molecular formula is C21H26N4O3. The Kier molecular flexibility index (Phi) is 6.60. The number of hydrogen-bond donors (Lipinski definition) is 1. The quantitative estimate of drug-likeness (QED) is 0.829. The van der Waals surface area contributed by atoms with Gasteiger partial charge in [-0.25, -0.2) is 4.79 Å². The zero-order valence-electron chi connectivity index (χ0n) is 16.3. The lowest BCUT2D eigenvalue weighted by Crippen LogP contribution is -2.50. The van der Waals surface area contributed by atoms with Crippen molar-refractivity contribution in [2.75, 3.05) is 26.7 Å². The summed E-state index contributed by atoms with van der Waals surface area (Å²) in [6.07, 6.45) is -0.206. The number of likely N-dealkylation sites (N-methyl/N-ethyl adjacent to an activating group) is 1. The summed E-state index contributed by atoms with van der Waals surface area (Å²) in [5, 5.41) is 2.94. The number of hydrogen-bond acceptors (Lipinski definition) is 4. The third-order valence-corrected chi connectivity index (χ3v) is 4.63. The van der Waals surface area contributed by atoms with E-state index in [-0.39, 0.29) is 24.6 Å². The molecule has 1 N–H and O–H groups in total. The largest absolute Gasteiger partial charge is 0.365 e. The molecule has 1 aliphatic rings. The van der Waals surface area contributed by atoms with Gasteiger partial charge in [0.05, 0.1) is 18.3 Å². The molecule has 0 bridgehead atoms. The van der Waals surface area contributed by atoms with E-state index in [0.717, 1.165) is 17.0 Å². The van der Waals surface area contributed by atoms with E-state index in [4.69, 9.17) is 4.74 Å². The van der Waals surface area contributed by atoms with Gasteiger partial charge in [-0.2, -0.15) is 0 Å². The molecule has 1 aromatic heterocycles. The molecule has 3 amide bonds. The summed E-state index contributed by atoms with van der Waals surface area (Å²) in [5.74, 6) is -0.0428. The maximum Gasteiger partial charge on any atom is 0.318 e. The Morgan fingerprint density at radius 1 is 1.21 bits per heavy atom. The fraction of sp³-hybridized carbons (Fsp3) is 0.381. The van der Waals surface area contributed by atoms with Gasteiger partial charge in [0.25, 0.3) is 0 Å². The Hall–Kier alpha value is -2.93. The Morgan fingerprint density at radius 2 is 2.00 bits per heavy atom. The van der Waals surface area contributed by atoms with E-state index in [9.17, 15) is 9.59 Å². The molecule has 0 saturated carbocycles. The summed E-state index contributed by atoms with van der Waals surface area (Å²) in [7, 11) is 1.74. The Morgan fingerprint density at radius 3 is 2.71 bits per heavy atom. The lowest BCUT2D eigenvalue weighted by molar-refractivity contribution is -0.146. The van der Waals surface area contributed by atoms with E-state index in [1.54, 1.807) is 16.8 Å². The third kappa shape index (κ3) is 5.53. The molecule has 1 aromatic carbocycles. The molecule has 7 heteroatoms. The average molecular weight is 382 g/mol. The number of aryl methyl sites for hydroxylation is 1. The number of rotatable bonds is 6. The van der Waals surface area contributed by atoms with E-state index in [0.29, 0.717) is 26.2 Å². The number of nitrogens with one attached hydrogen (secondary N) is 1. The number of aromatic nitrogens is 1. The van der Waals surface area contributed by atoms with E-state index < -0.39 is 0 Å². The average Bonchev–Trinajstić information content (AvgIpc) is 2.69. The van der Waals surface area contributed by atoms with E-state index in [2.05, 4.69) is 10.3 Å². The molecule has 0 aliphatic carbocycles. The minimum Gasteiger partial charge on any atom is -0.365 e. The predicted octanol–water partition coefficient (Wildman–Crippen LogP) is 1.96. The molecule has 3 rings (SSSR count). The highest BCUT2D eigenvalue weighted by Crippen LogP contribution is 2.10. The number of carbonyl (C=O) groups is 2. The van der Waals surface area contributed by atoms with Gasteiger partial charge in [0, 0.05) is 32.4 Å². The number of carbonyl (C=O) groups excluding carboxylic acids is 2. The summed E-state index contributed by atoms with van der Waals surface area (Å²) in [6.45, 7) is 3.69. The predicted molar refractivity (Wildman–Crippen MR) is 105 cm³/mol. The highest BCUT2D eigenvalue weighted by molar-refractivity contribution is 5.78. The molecular weight excluding hydrogens is 356 g/mol. The van der Waals surface area contributed by atoms with Crippen LogP contribution in [0.5, 0.6) is 0 Å². The molecule has 7 nitrogen and oxygen atoms in total. The molecule has 0 unspecified atom stereocenters. The Bertz CT molecular complexity index is 812. The van der Waals surface area contributed by atoms with Crippen molar-refractivity contribution in [3.05, 3.63) is 65.5 Å². The first-order valence-electron chi connectivity index (χ1n) is 9.36. The zero-order chi connectivity index (χ0) is 19.9. The van der Waals surface area contributed by atoms with Gasteiger partial charge in [0.2, 0.25) is 5.91 Å². The first-order valence-corrected chi connectivity index (χ1v) is 9.36. The summed E-state index contributed by atoms with van der Waals surface area (Å²) < 4.78 is 5.51. The van der Waals surface area contributed by atoms with Crippen LogP contribution in [0.2, 0.25) is 0 Å². The maximum absolute atomic E-state index is 12.9. The monoisotopic (exact) mass is 382 g/mol. The lowest BCUT2D eigenvalue weighted by atomic mass is 10.2. The first-order chi connectivity index (χ1) is 13.5. The van der Waals surface area contributed by atoms with Crippen LogP contribution in [0.3, 0.4) is 0 Å². The minimum atomic E-state index is -0.206. The zero-order valence-corrected chi connectivity index (χ0v) is 16.3. The molecule has 0 radical (unpaired) electrons. The van der Waals surface area contributed by atoms with Gasteiger partial charge in [0.1, 0.15) is 6.61 Å². The van der Waals surface area contributed by atoms with Crippen molar-refractivity contribution in [3.63, 3.8) is 0 Å². The van der Waals surface area contributed by atoms with Crippen molar-refractivity contribution < 1.29 is 14.3 Å². The fourth-order valence-corrected chi connectivity index (χ4v) is 3.08. The van der Waals surface area contributed by atoms with E-state index in [1.807, 2.05) is 55.5 Å². The highest BCUT2D eigenvalue weighted by Gasteiger charge is 2.24. The summed E-state index contributed by atoms with van der Waals surface area (Å²) in [6, 6.07) is 15.5. The van der Waals surface area contributed by atoms with Crippen LogP contribution in [0.15, 0.2) is 48.5 Å². The second-order valence-corrected chi connectivity index (χ2v) is 7.01. The standard InChI is InChI=1S/C21H26N4O3/c1-16-7-6-10-18(23-16)13-25(12-17-8-4-3-5-9-17)21(27)22-11-19-14-24(2)20(26)15-28-19/h3-10,19H,11-15H2,1-2H3,(H,22,27)/t19-/m1/s1. The molecule has 148 valence electrons. The SMILES string of the molecule is Cc1cccc(CN(Cc2ccccc2)C(=O)NC[C@@H]2CN(C)C(=O)CO2)n1. The van der Waals surface area contributed by atoms with Gasteiger partial charge in [-0.1, -0.05) is 36.4 Å². The molecule has 1 atom stereocenters. The van der Waals surface area contributed by atoms with Crippen LogP contribution in [0.1, 0.15) is 17.0 Å². The maximum atomic E-state index is 12.9. The summed E-state index contributed by atoms with van der Waals surface area (Å²) in [5.41, 5.74) is 2.80. The fourth-order valence-electron chi connectivity index (χ4n) is 3.08. The van der Waals surface area contributed by atoms with E-state index in [1.165, 1.54) is 0 Å². The van der Waals surface area contributed by atoms with Crippen molar-refractivity contribution in [2.24, 2.45) is 0 Å². The summed E-state index contributed by atoms with van der Waals surface area (Å²) >= 11 is 0. The molecule has 2 heterocycles. The van der Waals surface area contributed by atoms with Crippen LogP contribution in [0.25, 0.3) is 0 Å². The molecule has 1 saturated heterocycles. The van der Waals surface area contributed by atoms with Crippen LogP contribution in [-0.4, -0.2) is 59.6 Å². The van der Waals surface area contributed by atoms with Crippen LogP contribution < -0.4 is 5.32 Å². The van der Waals surface area contributed by atoms with Crippen LogP contribution in [0.4, 0.5) is 4.79 Å². The van der Waals surface area contributed by atoms with Gasteiger partial charge >= 0.3 is 6.03 Å². The Labute approximate surface area is 165 Å². The number of pyridine rings is 1. The smallest absolute Gasteiger partial charge is 0.318 e. The van der Waals surface area contributed by atoms with Crippen molar-refractivity contribution in [1.82, 2.24) is 20.1 Å². The van der Waals surface area contributed by atoms with Crippen molar-refractivity contribution >= 4 is 11.9 Å². The Balaban J connectivity index is 1.64. The van der Waals surface area contributed by atoms with Gasteiger partial charge in [-0.3, -0.25) is 9.78 Å². The lowest BCUT2D eigenvalue weighted by Gasteiger charge is -2.31. The number of morpholine rings is 1. The number of nitrogens with zero attached hydrogens (tertiary/aromatic N) is 3. The number of amides is 3. The molecule has 0 spiro atoms. The van der Waals surface area contributed by atoms with Crippen molar-refractivity contribution in [3.8, 4) is 0 Å². The molecule has 2 aromatic rings. The van der Waals surface area contributed by atoms with Crippen LogP contribution >= 0.6 is 0 Å². The van der Waals surface area contributed by atoms with Crippen LogP contribution in [-0.2, 0) is 22.6 Å². The second-order valence-electron chi connectivity index (χ2n) is 7.01. The molecule has 1 fully saturated rings. The van der Waals surface area contributed by atoms with Gasteiger partial charge in [-0.15, -0.1) is 0 Å². The summed E-state index contributed by atoms with van der Waals surface area (Å²) in [4.78, 5) is 32.3. The molecule has 28 heavy (non-hydrogen) atoms. The van der Waals surface area contributed by atoms with Crippen molar-refractivity contribution in [2.45, 2.75) is 26.1 Å².